The van der Waals surface area contributed by atoms with Gasteiger partial charge in [-0.3, -0.25) is 0 Å². The topological polar surface area (TPSA) is 29.4 Å². The second kappa shape index (κ2) is 3.76. The molecule has 1 rings (SSSR count). The van der Waals surface area contributed by atoms with Crippen molar-refractivity contribution in [1.29, 1.82) is 0 Å². The summed E-state index contributed by atoms with van der Waals surface area (Å²) >= 11 is 4.70. The van der Waals surface area contributed by atoms with E-state index in [1.54, 1.807) is 18.2 Å². The molecule has 1 aromatic carbocycles. The minimum atomic E-state index is 0.582. The van der Waals surface area contributed by atoms with Crippen LogP contribution < -0.4 is 0 Å². The summed E-state index contributed by atoms with van der Waals surface area (Å²) in [5, 5.41) is 1.53. The summed E-state index contributed by atoms with van der Waals surface area (Å²) in [7, 11) is 0. The lowest BCUT2D eigenvalue weighted by atomic mass is 10.2. The third-order valence-electron chi connectivity index (χ3n) is 1.18. The van der Waals surface area contributed by atoms with E-state index in [0.717, 1.165) is 5.56 Å². The van der Waals surface area contributed by atoms with Crippen molar-refractivity contribution in [2.24, 2.45) is 4.99 Å². The fraction of sp³-hybridized carbons (Fsp3) is 0. The Morgan fingerprint density at radius 1 is 1.55 bits per heavy atom. The van der Waals surface area contributed by atoms with Crippen LogP contribution >= 0.6 is 12.2 Å². The van der Waals surface area contributed by atoms with Gasteiger partial charge in [0.05, 0.1) is 5.69 Å². The summed E-state index contributed by atoms with van der Waals surface area (Å²) in [5.74, 6) is 0. The number of thiocarbonyl (C=S) groups is 1. The summed E-state index contributed by atoms with van der Waals surface area (Å²) < 4.78 is 0. The van der Waals surface area contributed by atoms with E-state index >= 15 is 0 Å². The van der Waals surface area contributed by atoms with E-state index in [-0.39, 0.29) is 0 Å². The highest BCUT2D eigenvalue weighted by atomic mass is 32.1. The van der Waals surface area contributed by atoms with Gasteiger partial charge in [0.15, 0.2) is 0 Å². The molecule has 0 bridgehead atoms. The molecular formula is C8H5NOS. The van der Waals surface area contributed by atoms with Crippen molar-refractivity contribution >= 4 is 29.4 Å². The Labute approximate surface area is 69.6 Å². The first-order valence-corrected chi connectivity index (χ1v) is 3.47. The van der Waals surface area contributed by atoms with E-state index < -0.39 is 0 Å². The molecule has 1 aromatic rings. The SMILES string of the molecule is O=C=Nc1cccc(C=S)c1. The molecule has 2 nitrogen and oxygen atoms in total. The second-order valence-corrected chi connectivity index (χ2v) is 2.15. The smallest absolute Gasteiger partial charge is 0.211 e. The molecule has 0 aliphatic rings. The fourth-order valence-corrected chi connectivity index (χ4v) is 0.867. The van der Waals surface area contributed by atoms with E-state index in [9.17, 15) is 4.79 Å². The summed E-state index contributed by atoms with van der Waals surface area (Å²) in [6.45, 7) is 0. The normalized spacial score (nSPS) is 8.36. The van der Waals surface area contributed by atoms with Crippen LogP contribution in [-0.2, 0) is 4.79 Å². The van der Waals surface area contributed by atoms with Crippen molar-refractivity contribution in [2.45, 2.75) is 0 Å². The Bertz CT molecular complexity index is 316. The maximum atomic E-state index is 9.85. The maximum Gasteiger partial charge on any atom is 0.240 e. The average Bonchev–Trinajstić information content (AvgIpc) is 2.06. The van der Waals surface area contributed by atoms with Crippen LogP contribution in [0.15, 0.2) is 29.3 Å². The lowest BCUT2D eigenvalue weighted by Crippen LogP contribution is -1.74. The minimum absolute atomic E-state index is 0.582. The van der Waals surface area contributed by atoms with E-state index in [0.29, 0.717) is 5.69 Å². The molecule has 0 aliphatic heterocycles. The van der Waals surface area contributed by atoms with E-state index in [1.165, 1.54) is 11.4 Å². The first-order valence-electron chi connectivity index (χ1n) is 3.00. The molecule has 0 saturated heterocycles. The van der Waals surface area contributed by atoms with Gasteiger partial charge in [-0.1, -0.05) is 24.4 Å². The Balaban J connectivity index is 3.09. The van der Waals surface area contributed by atoms with Gasteiger partial charge in [0, 0.05) is 5.37 Å². The number of hydrogen-bond donors (Lipinski definition) is 0. The summed E-state index contributed by atoms with van der Waals surface area (Å²) in [5.41, 5.74) is 1.45. The molecule has 0 unspecified atom stereocenters. The van der Waals surface area contributed by atoms with Gasteiger partial charge < -0.3 is 0 Å². The quantitative estimate of drug-likeness (QED) is 0.379. The molecule has 0 amide bonds. The average molecular weight is 163 g/mol. The molecule has 0 atom stereocenters. The van der Waals surface area contributed by atoms with Crippen LogP contribution in [-0.4, -0.2) is 11.4 Å². The van der Waals surface area contributed by atoms with Gasteiger partial charge in [0.25, 0.3) is 0 Å². The lowest BCUT2D eigenvalue weighted by Gasteiger charge is -1.91. The standard InChI is InChI=1S/C8H5NOS/c10-6-9-8-3-1-2-7(4-8)5-11/h1-5H. The Hall–Kier alpha value is -1.31. The molecule has 0 fully saturated rings. The van der Waals surface area contributed by atoms with Gasteiger partial charge in [-0.25, -0.2) is 4.79 Å². The zero-order chi connectivity index (χ0) is 8.10. The van der Waals surface area contributed by atoms with Gasteiger partial charge in [0.1, 0.15) is 0 Å². The number of nitrogens with zero attached hydrogens (tertiary/aromatic N) is 1. The van der Waals surface area contributed by atoms with Crippen molar-refractivity contribution in [3.05, 3.63) is 29.8 Å². The van der Waals surface area contributed by atoms with Gasteiger partial charge in [-0.2, -0.15) is 4.99 Å². The van der Waals surface area contributed by atoms with Gasteiger partial charge in [-0.05, 0) is 17.7 Å². The Morgan fingerprint density at radius 2 is 2.36 bits per heavy atom. The summed E-state index contributed by atoms with van der Waals surface area (Å²) in [6.07, 6.45) is 1.46. The molecule has 11 heavy (non-hydrogen) atoms. The highest BCUT2D eigenvalue weighted by Gasteiger charge is 1.88. The first kappa shape index (κ1) is 7.79. The van der Waals surface area contributed by atoms with Crippen LogP contribution in [0.1, 0.15) is 5.56 Å². The molecule has 0 N–H and O–H groups in total. The molecule has 0 spiro atoms. The highest BCUT2D eigenvalue weighted by molar-refractivity contribution is 7.79. The van der Waals surface area contributed by atoms with E-state index in [4.69, 9.17) is 12.2 Å². The molecule has 3 heteroatoms. The largest absolute Gasteiger partial charge is 0.240 e. The number of isocyanates is 1. The Kier molecular flexibility index (Phi) is 2.66. The first-order chi connectivity index (χ1) is 5.36. The predicted molar refractivity (Wildman–Crippen MR) is 47.0 cm³/mol. The van der Waals surface area contributed by atoms with Gasteiger partial charge in [0.2, 0.25) is 6.08 Å². The number of aliphatic imine (C=N–C) groups is 1. The number of rotatable bonds is 2. The minimum Gasteiger partial charge on any atom is -0.211 e. The third-order valence-corrected chi connectivity index (χ3v) is 1.45. The maximum absolute atomic E-state index is 9.85. The van der Waals surface area contributed by atoms with Crippen molar-refractivity contribution < 1.29 is 4.79 Å². The number of carbonyl (C=O) groups excluding carboxylic acids is 1. The zero-order valence-electron chi connectivity index (χ0n) is 5.65. The third kappa shape index (κ3) is 2.08. The van der Waals surface area contributed by atoms with Crippen molar-refractivity contribution in [2.75, 3.05) is 0 Å². The van der Waals surface area contributed by atoms with Crippen LogP contribution in [0, 0.1) is 0 Å². The second-order valence-electron chi connectivity index (χ2n) is 1.92. The highest BCUT2D eigenvalue weighted by Crippen LogP contribution is 2.11. The van der Waals surface area contributed by atoms with Crippen LogP contribution in [0.5, 0.6) is 0 Å². The number of benzene rings is 1. The predicted octanol–water partition coefficient (Wildman–Crippen LogP) is 2.00. The monoisotopic (exact) mass is 163 g/mol. The van der Waals surface area contributed by atoms with Crippen molar-refractivity contribution in [3.8, 4) is 0 Å². The van der Waals surface area contributed by atoms with E-state index in [1.807, 2.05) is 6.07 Å². The molecule has 54 valence electrons. The van der Waals surface area contributed by atoms with Crippen LogP contribution in [0.4, 0.5) is 5.69 Å². The molecular weight excluding hydrogens is 158 g/mol. The van der Waals surface area contributed by atoms with Crippen LogP contribution in [0.2, 0.25) is 0 Å². The van der Waals surface area contributed by atoms with Crippen LogP contribution in [0.3, 0.4) is 0 Å². The molecule has 0 saturated carbocycles. The van der Waals surface area contributed by atoms with Crippen LogP contribution in [0.25, 0.3) is 0 Å². The van der Waals surface area contributed by atoms with E-state index in [2.05, 4.69) is 4.99 Å². The molecule has 0 radical (unpaired) electrons. The van der Waals surface area contributed by atoms with Crippen molar-refractivity contribution in [1.82, 2.24) is 0 Å². The fourth-order valence-electron chi connectivity index (χ4n) is 0.720. The molecule has 0 heterocycles. The lowest BCUT2D eigenvalue weighted by molar-refractivity contribution is 0.565. The van der Waals surface area contributed by atoms with Gasteiger partial charge in [-0.15, -0.1) is 0 Å². The molecule has 0 aliphatic carbocycles. The molecule has 0 aromatic heterocycles. The Morgan fingerprint density at radius 3 is 3.00 bits per heavy atom. The van der Waals surface area contributed by atoms with Gasteiger partial charge >= 0.3 is 0 Å². The summed E-state index contributed by atoms with van der Waals surface area (Å²) in [6, 6.07) is 7.07. The van der Waals surface area contributed by atoms with Crippen molar-refractivity contribution in [3.63, 3.8) is 0 Å². The number of hydrogen-bond acceptors (Lipinski definition) is 3. The zero-order valence-corrected chi connectivity index (χ0v) is 6.47. The summed E-state index contributed by atoms with van der Waals surface area (Å²) in [4.78, 5) is 13.3.